The maximum atomic E-state index is 13.1. The molecular formula is C27H30O15. The van der Waals surface area contributed by atoms with E-state index in [4.69, 9.17) is 18.6 Å². The molecule has 2 fully saturated rings. The summed E-state index contributed by atoms with van der Waals surface area (Å²) in [5, 5.41) is 101. The number of hydrogen-bond acceptors (Lipinski definition) is 15. The molecule has 1 aromatic heterocycles. The van der Waals surface area contributed by atoms with Gasteiger partial charge in [0.2, 0.25) is 6.29 Å². The van der Waals surface area contributed by atoms with Crippen molar-refractivity contribution in [2.45, 2.75) is 61.2 Å². The summed E-state index contributed by atoms with van der Waals surface area (Å²) in [5.41, 5.74) is -1.07. The molecule has 42 heavy (non-hydrogen) atoms. The molecule has 10 atom stereocenters. The van der Waals surface area contributed by atoms with E-state index in [2.05, 4.69) is 0 Å². The van der Waals surface area contributed by atoms with Crippen molar-refractivity contribution in [1.82, 2.24) is 0 Å². The molecule has 0 bridgehead atoms. The molecule has 0 unspecified atom stereocenters. The van der Waals surface area contributed by atoms with E-state index in [-0.39, 0.29) is 22.5 Å². The zero-order valence-electron chi connectivity index (χ0n) is 21.7. The molecule has 2 aromatic carbocycles. The first-order valence-corrected chi connectivity index (χ1v) is 12.9. The Bertz CT molecular complexity index is 1470. The van der Waals surface area contributed by atoms with Gasteiger partial charge in [-0.25, -0.2) is 0 Å². The summed E-state index contributed by atoms with van der Waals surface area (Å²) in [6.07, 6.45) is -15.6. The topological polar surface area (TPSA) is 260 Å². The summed E-state index contributed by atoms with van der Waals surface area (Å²) in [6.45, 7) is -1.37. The Morgan fingerprint density at radius 1 is 0.738 bits per heavy atom. The second kappa shape index (κ2) is 11.7. The highest BCUT2D eigenvalue weighted by atomic mass is 16.7. The van der Waals surface area contributed by atoms with Crippen LogP contribution in [0, 0.1) is 0 Å². The zero-order valence-corrected chi connectivity index (χ0v) is 21.7. The number of rotatable bonds is 6. The van der Waals surface area contributed by atoms with E-state index < -0.39 is 96.9 Å². The molecule has 5 rings (SSSR count). The molecule has 0 amide bonds. The van der Waals surface area contributed by atoms with Gasteiger partial charge in [0.25, 0.3) is 0 Å². The summed E-state index contributed by atoms with van der Waals surface area (Å²) < 4.78 is 22.0. The van der Waals surface area contributed by atoms with E-state index in [1.165, 1.54) is 24.3 Å². The minimum atomic E-state index is -1.83. The maximum absolute atomic E-state index is 13.1. The number of hydrogen-bond donors (Lipinski definition) is 10. The Morgan fingerprint density at radius 3 is 1.95 bits per heavy atom. The van der Waals surface area contributed by atoms with Crippen LogP contribution in [0.3, 0.4) is 0 Å². The lowest BCUT2D eigenvalue weighted by Gasteiger charge is -2.40. The van der Waals surface area contributed by atoms with Crippen LogP contribution in [-0.4, -0.2) is 119 Å². The molecule has 3 aromatic rings. The van der Waals surface area contributed by atoms with Crippen LogP contribution in [0.2, 0.25) is 0 Å². The van der Waals surface area contributed by atoms with E-state index in [0.717, 1.165) is 12.1 Å². The van der Waals surface area contributed by atoms with Crippen molar-refractivity contribution in [2.24, 2.45) is 0 Å². The highest BCUT2D eigenvalue weighted by molar-refractivity contribution is 5.88. The molecule has 10 N–H and O–H groups in total. The Kier molecular flexibility index (Phi) is 8.41. The summed E-state index contributed by atoms with van der Waals surface area (Å²) in [7, 11) is 0. The predicted molar refractivity (Wildman–Crippen MR) is 138 cm³/mol. The highest BCUT2D eigenvalue weighted by Gasteiger charge is 2.46. The first-order chi connectivity index (χ1) is 20.0. The third-order valence-electron chi connectivity index (χ3n) is 7.43. The number of phenols is 2. The van der Waals surface area contributed by atoms with Crippen molar-refractivity contribution in [2.75, 3.05) is 13.2 Å². The molecule has 0 radical (unpaired) electrons. The number of fused-ring (bicyclic) bond motifs is 1. The van der Waals surface area contributed by atoms with Gasteiger partial charge in [-0.15, -0.1) is 0 Å². The Balaban J connectivity index is 1.43. The molecule has 0 spiro atoms. The standard InChI is InChI=1S/C27H30O15/c28-7-15-19(32)22(35)24(37)26(41-15)18-12(31)6-14-17(21(18)34)11(30)5-13(40-14)9-1-3-10(4-2-9)39-27-25(38)23(36)20(33)16(8-29)42-27/h1-6,15-16,19-20,22-29,31-38H,7-8H2/t15-,16-,19+,20+,22+,23-,24+,25+,26+,27-/m1/s1. The molecule has 2 aliphatic heterocycles. The first kappa shape index (κ1) is 30.1. The van der Waals surface area contributed by atoms with Gasteiger partial charge in [-0.3, -0.25) is 4.79 Å². The van der Waals surface area contributed by atoms with Crippen LogP contribution in [0.5, 0.6) is 17.2 Å². The molecule has 3 heterocycles. The fourth-order valence-electron chi connectivity index (χ4n) is 5.06. The predicted octanol–water partition coefficient (Wildman–Crippen LogP) is -2.44. The number of aliphatic hydroxyl groups excluding tert-OH is 8. The van der Waals surface area contributed by atoms with Crippen LogP contribution in [0.25, 0.3) is 22.3 Å². The first-order valence-electron chi connectivity index (χ1n) is 12.9. The molecule has 2 saturated heterocycles. The average molecular weight is 595 g/mol. The van der Waals surface area contributed by atoms with Crippen LogP contribution in [-0.2, 0) is 9.47 Å². The lowest BCUT2D eigenvalue weighted by atomic mass is 9.89. The van der Waals surface area contributed by atoms with Crippen molar-refractivity contribution in [3.8, 4) is 28.6 Å². The van der Waals surface area contributed by atoms with Gasteiger partial charge in [0.1, 0.15) is 88.9 Å². The number of phenolic OH excluding ortho intramolecular Hbond substituents is 2. The largest absolute Gasteiger partial charge is 0.507 e. The van der Waals surface area contributed by atoms with Gasteiger partial charge in [-0.1, -0.05) is 0 Å². The third kappa shape index (κ3) is 5.20. The van der Waals surface area contributed by atoms with E-state index in [1.807, 2.05) is 0 Å². The Morgan fingerprint density at radius 2 is 1.33 bits per heavy atom. The number of aromatic hydroxyl groups is 2. The average Bonchev–Trinajstić information content (AvgIpc) is 2.97. The van der Waals surface area contributed by atoms with Crippen molar-refractivity contribution >= 4 is 11.0 Å². The van der Waals surface area contributed by atoms with E-state index >= 15 is 0 Å². The Labute approximate surface area is 236 Å². The maximum Gasteiger partial charge on any atom is 0.229 e. The molecule has 228 valence electrons. The van der Waals surface area contributed by atoms with Crippen LogP contribution in [0.15, 0.2) is 45.6 Å². The summed E-state index contributed by atoms with van der Waals surface area (Å²) in [4.78, 5) is 13.1. The van der Waals surface area contributed by atoms with Crippen LogP contribution in [0.1, 0.15) is 11.7 Å². The molecule has 0 aliphatic carbocycles. The number of aliphatic hydroxyl groups is 8. The smallest absolute Gasteiger partial charge is 0.229 e. The second-order valence-corrected chi connectivity index (χ2v) is 10.1. The second-order valence-electron chi connectivity index (χ2n) is 10.1. The van der Waals surface area contributed by atoms with E-state index in [9.17, 15) is 55.9 Å². The van der Waals surface area contributed by atoms with Crippen LogP contribution < -0.4 is 10.2 Å². The van der Waals surface area contributed by atoms with Crippen LogP contribution in [0.4, 0.5) is 0 Å². The van der Waals surface area contributed by atoms with Gasteiger partial charge in [0.15, 0.2) is 5.43 Å². The summed E-state index contributed by atoms with van der Waals surface area (Å²) in [6, 6.07) is 7.88. The summed E-state index contributed by atoms with van der Waals surface area (Å²) in [5.74, 6) is -1.28. The quantitative estimate of drug-likeness (QED) is 0.142. The van der Waals surface area contributed by atoms with E-state index in [1.54, 1.807) is 0 Å². The number of benzene rings is 2. The molecule has 2 aliphatic rings. The number of ether oxygens (including phenoxy) is 3. The SMILES string of the molecule is O=c1cc(-c2ccc(O[C@@H]3O[C@H](CO)[C@H](O)[C@@H](O)[C@@H]3O)cc2)oc2cc(O)c([C@@H]3O[C@H](CO)[C@H](O)[C@H](O)[C@@H]3O)c(O)c12. The minimum absolute atomic E-state index is 0.0197. The Hall–Kier alpha value is -3.35. The van der Waals surface area contributed by atoms with Gasteiger partial charge in [-0.2, -0.15) is 0 Å². The van der Waals surface area contributed by atoms with Crippen molar-refractivity contribution < 1.29 is 69.7 Å². The molecule has 15 nitrogen and oxygen atoms in total. The summed E-state index contributed by atoms with van der Waals surface area (Å²) >= 11 is 0. The van der Waals surface area contributed by atoms with Crippen molar-refractivity contribution in [3.05, 3.63) is 52.2 Å². The van der Waals surface area contributed by atoms with Crippen molar-refractivity contribution in [3.63, 3.8) is 0 Å². The van der Waals surface area contributed by atoms with Gasteiger partial charge in [0, 0.05) is 17.7 Å². The zero-order chi connectivity index (χ0) is 30.5. The van der Waals surface area contributed by atoms with Gasteiger partial charge in [0.05, 0.1) is 18.8 Å². The lowest BCUT2D eigenvalue weighted by Crippen LogP contribution is -2.60. The van der Waals surface area contributed by atoms with Gasteiger partial charge >= 0.3 is 0 Å². The monoisotopic (exact) mass is 594 g/mol. The fourth-order valence-corrected chi connectivity index (χ4v) is 5.06. The third-order valence-corrected chi connectivity index (χ3v) is 7.43. The molecule has 0 saturated carbocycles. The molecule has 15 heteroatoms. The highest BCUT2D eigenvalue weighted by Crippen LogP contribution is 2.44. The normalized spacial score (nSPS) is 33.5. The lowest BCUT2D eigenvalue weighted by molar-refractivity contribution is -0.277. The van der Waals surface area contributed by atoms with Crippen molar-refractivity contribution in [1.29, 1.82) is 0 Å². The van der Waals surface area contributed by atoms with Gasteiger partial charge in [-0.05, 0) is 24.3 Å². The van der Waals surface area contributed by atoms with E-state index in [0.29, 0.717) is 5.56 Å². The van der Waals surface area contributed by atoms with Crippen LogP contribution >= 0.6 is 0 Å². The minimum Gasteiger partial charge on any atom is -0.507 e. The fraction of sp³-hybridized carbons (Fsp3) is 0.444. The van der Waals surface area contributed by atoms with Gasteiger partial charge < -0.3 is 69.7 Å². The molecular weight excluding hydrogens is 564 g/mol.